The minimum Gasteiger partial charge on any atom is -0.494 e. The zero-order valence-corrected chi connectivity index (χ0v) is 14.6. The normalized spacial score (nSPS) is 16.7. The van der Waals surface area contributed by atoms with Gasteiger partial charge in [0.15, 0.2) is 0 Å². The van der Waals surface area contributed by atoms with Gasteiger partial charge in [0.05, 0.1) is 6.61 Å². The fourth-order valence-electron chi connectivity index (χ4n) is 3.24. The Balaban J connectivity index is 1.45. The number of nitrogens with zero attached hydrogens (tertiary/aromatic N) is 2. The zero-order chi connectivity index (χ0) is 17.5. The molecule has 2 amide bonds. The standard InChI is InChI=1S/C20H25N3O2/c1-2-25-19-5-3-4-16(14-19)6-12-22-20(24)23-13-9-18(15-23)17-7-10-21-11-8-17/h3-5,7-8,10-11,14,18H,2,6,9,12-13,15H2,1H3,(H,22,24). The lowest BCUT2D eigenvalue weighted by Gasteiger charge is -2.17. The monoisotopic (exact) mass is 339 g/mol. The van der Waals surface area contributed by atoms with Gasteiger partial charge >= 0.3 is 6.03 Å². The van der Waals surface area contributed by atoms with Crippen LogP contribution < -0.4 is 10.1 Å². The van der Waals surface area contributed by atoms with E-state index in [1.165, 1.54) is 11.1 Å². The SMILES string of the molecule is CCOc1cccc(CCNC(=O)N2CCC(c3ccncc3)C2)c1. The Labute approximate surface area is 149 Å². The molecule has 132 valence electrons. The number of pyridine rings is 1. The second-order valence-electron chi connectivity index (χ2n) is 6.27. The van der Waals surface area contributed by atoms with Gasteiger partial charge in [-0.15, -0.1) is 0 Å². The highest BCUT2D eigenvalue weighted by Crippen LogP contribution is 2.26. The van der Waals surface area contributed by atoms with Crippen molar-refractivity contribution in [2.75, 3.05) is 26.2 Å². The number of hydrogen-bond acceptors (Lipinski definition) is 3. The third kappa shape index (κ3) is 4.72. The first-order valence-electron chi connectivity index (χ1n) is 8.90. The minimum absolute atomic E-state index is 0.0255. The Morgan fingerprint density at radius 1 is 1.32 bits per heavy atom. The van der Waals surface area contributed by atoms with E-state index < -0.39 is 0 Å². The number of nitrogens with one attached hydrogen (secondary N) is 1. The summed E-state index contributed by atoms with van der Waals surface area (Å²) in [4.78, 5) is 18.3. The fourth-order valence-corrected chi connectivity index (χ4v) is 3.24. The van der Waals surface area contributed by atoms with E-state index in [-0.39, 0.29) is 6.03 Å². The molecule has 1 atom stereocenters. The highest BCUT2D eigenvalue weighted by Gasteiger charge is 2.26. The molecule has 2 heterocycles. The molecule has 0 saturated carbocycles. The van der Waals surface area contributed by atoms with Gasteiger partial charge in [-0.2, -0.15) is 0 Å². The van der Waals surface area contributed by atoms with Gasteiger partial charge in [0.1, 0.15) is 5.75 Å². The quantitative estimate of drug-likeness (QED) is 0.879. The number of carbonyl (C=O) groups excluding carboxylic acids is 1. The number of urea groups is 1. The number of hydrogen-bond donors (Lipinski definition) is 1. The van der Waals surface area contributed by atoms with E-state index in [9.17, 15) is 4.79 Å². The van der Waals surface area contributed by atoms with Crippen LogP contribution in [0.4, 0.5) is 4.79 Å². The number of amides is 2. The van der Waals surface area contributed by atoms with Crippen LogP contribution in [-0.4, -0.2) is 42.2 Å². The van der Waals surface area contributed by atoms with Crippen LogP contribution >= 0.6 is 0 Å². The summed E-state index contributed by atoms with van der Waals surface area (Å²) in [6.07, 6.45) is 5.44. The molecule has 1 fully saturated rings. The van der Waals surface area contributed by atoms with Crippen molar-refractivity contribution in [3.05, 3.63) is 59.9 Å². The molecule has 1 N–H and O–H groups in total. The molecule has 25 heavy (non-hydrogen) atoms. The Morgan fingerprint density at radius 2 is 2.16 bits per heavy atom. The van der Waals surface area contributed by atoms with E-state index in [1.807, 2.05) is 54.5 Å². The van der Waals surface area contributed by atoms with Crippen LogP contribution in [-0.2, 0) is 6.42 Å². The Kier molecular flexibility index (Phi) is 5.88. The molecule has 2 aromatic rings. The maximum absolute atomic E-state index is 12.4. The largest absolute Gasteiger partial charge is 0.494 e. The molecule has 1 saturated heterocycles. The Morgan fingerprint density at radius 3 is 2.96 bits per heavy atom. The fraction of sp³-hybridized carbons (Fsp3) is 0.400. The van der Waals surface area contributed by atoms with Gasteiger partial charge in [0, 0.05) is 37.9 Å². The summed E-state index contributed by atoms with van der Waals surface area (Å²) in [6, 6.07) is 12.1. The second kappa shape index (κ2) is 8.51. The second-order valence-corrected chi connectivity index (χ2v) is 6.27. The van der Waals surface area contributed by atoms with Crippen molar-refractivity contribution in [3.63, 3.8) is 0 Å². The van der Waals surface area contributed by atoms with Gasteiger partial charge in [-0.3, -0.25) is 4.98 Å². The molecule has 0 spiro atoms. The molecule has 0 bridgehead atoms. The summed E-state index contributed by atoms with van der Waals surface area (Å²) in [7, 11) is 0. The van der Waals surface area contributed by atoms with E-state index in [1.54, 1.807) is 0 Å². The summed E-state index contributed by atoms with van der Waals surface area (Å²) in [6.45, 7) is 4.84. The van der Waals surface area contributed by atoms with E-state index in [4.69, 9.17) is 4.74 Å². The minimum atomic E-state index is 0.0255. The van der Waals surface area contributed by atoms with Crippen molar-refractivity contribution < 1.29 is 9.53 Å². The predicted octanol–water partition coefficient (Wildman–Crippen LogP) is 3.22. The molecule has 1 unspecified atom stereocenters. The summed E-state index contributed by atoms with van der Waals surface area (Å²) in [5.41, 5.74) is 2.43. The third-order valence-corrected chi connectivity index (χ3v) is 4.55. The van der Waals surface area contributed by atoms with Crippen LogP contribution in [0.15, 0.2) is 48.8 Å². The van der Waals surface area contributed by atoms with Crippen molar-refractivity contribution in [1.29, 1.82) is 0 Å². The molecule has 1 aromatic carbocycles. The predicted molar refractivity (Wildman–Crippen MR) is 97.9 cm³/mol. The Hall–Kier alpha value is -2.56. The van der Waals surface area contributed by atoms with Gasteiger partial charge in [-0.1, -0.05) is 12.1 Å². The number of benzene rings is 1. The number of carbonyl (C=O) groups is 1. The molecule has 5 nitrogen and oxygen atoms in total. The highest BCUT2D eigenvalue weighted by molar-refractivity contribution is 5.74. The van der Waals surface area contributed by atoms with Crippen molar-refractivity contribution in [1.82, 2.24) is 15.2 Å². The van der Waals surface area contributed by atoms with Gasteiger partial charge in [-0.25, -0.2) is 4.79 Å². The first-order valence-corrected chi connectivity index (χ1v) is 8.90. The van der Waals surface area contributed by atoms with Crippen molar-refractivity contribution in [2.45, 2.75) is 25.7 Å². The van der Waals surface area contributed by atoms with Crippen LogP contribution in [0.1, 0.15) is 30.4 Å². The first kappa shape index (κ1) is 17.3. The lowest BCUT2D eigenvalue weighted by atomic mass is 10.00. The van der Waals surface area contributed by atoms with E-state index in [0.29, 0.717) is 19.1 Å². The topological polar surface area (TPSA) is 54.5 Å². The lowest BCUT2D eigenvalue weighted by Crippen LogP contribution is -2.39. The van der Waals surface area contributed by atoms with Gasteiger partial charge in [0.2, 0.25) is 0 Å². The summed E-state index contributed by atoms with van der Waals surface area (Å²) < 4.78 is 5.51. The van der Waals surface area contributed by atoms with Gasteiger partial charge in [-0.05, 0) is 55.2 Å². The average Bonchev–Trinajstić information content (AvgIpc) is 3.13. The van der Waals surface area contributed by atoms with Crippen LogP contribution in [0.5, 0.6) is 5.75 Å². The molecule has 1 aromatic heterocycles. The van der Waals surface area contributed by atoms with Crippen molar-refractivity contribution >= 4 is 6.03 Å². The van der Waals surface area contributed by atoms with Crippen molar-refractivity contribution in [3.8, 4) is 5.75 Å². The number of likely N-dealkylation sites (tertiary alicyclic amines) is 1. The maximum atomic E-state index is 12.4. The first-order chi connectivity index (χ1) is 12.3. The van der Waals surface area contributed by atoms with Gasteiger partial charge < -0.3 is 15.0 Å². The zero-order valence-electron chi connectivity index (χ0n) is 14.6. The number of ether oxygens (including phenoxy) is 1. The van der Waals surface area contributed by atoms with Crippen LogP contribution in [0.3, 0.4) is 0 Å². The molecular weight excluding hydrogens is 314 g/mol. The lowest BCUT2D eigenvalue weighted by molar-refractivity contribution is 0.208. The smallest absolute Gasteiger partial charge is 0.317 e. The van der Waals surface area contributed by atoms with Gasteiger partial charge in [0.25, 0.3) is 0 Å². The molecule has 1 aliphatic rings. The molecule has 1 aliphatic heterocycles. The van der Waals surface area contributed by atoms with Crippen LogP contribution in [0, 0.1) is 0 Å². The average molecular weight is 339 g/mol. The number of aromatic nitrogens is 1. The summed E-state index contributed by atoms with van der Waals surface area (Å²) in [5.74, 6) is 1.29. The third-order valence-electron chi connectivity index (χ3n) is 4.55. The van der Waals surface area contributed by atoms with E-state index >= 15 is 0 Å². The summed E-state index contributed by atoms with van der Waals surface area (Å²) >= 11 is 0. The van der Waals surface area contributed by atoms with Crippen LogP contribution in [0.25, 0.3) is 0 Å². The van der Waals surface area contributed by atoms with Crippen molar-refractivity contribution in [2.24, 2.45) is 0 Å². The Bertz CT molecular complexity index is 690. The molecule has 5 heteroatoms. The summed E-state index contributed by atoms with van der Waals surface area (Å²) in [5, 5.41) is 3.03. The maximum Gasteiger partial charge on any atom is 0.317 e. The molecule has 0 radical (unpaired) electrons. The van der Waals surface area contributed by atoms with Crippen LogP contribution in [0.2, 0.25) is 0 Å². The number of rotatable bonds is 6. The molecular formula is C20H25N3O2. The molecule has 0 aliphatic carbocycles. The highest BCUT2D eigenvalue weighted by atomic mass is 16.5. The van der Waals surface area contributed by atoms with E-state index in [2.05, 4.69) is 16.4 Å². The van der Waals surface area contributed by atoms with E-state index in [0.717, 1.165) is 31.7 Å². The molecule has 3 rings (SSSR count).